The molecule has 1 rings (SSSR count). The van der Waals surface area contributed by atoms with Gasteiger partial charge in [0.05, 0.1) is 5.41 Å². The van der Waals surface area contributed by atoms with Gasteiger partial charge in [0.2, 0.25) is 0 Å². The van der Waals surface area contributed by atoms with Crippen LogP contribution in [0.15, 0.2) is 30.3 Å². The first-order chi connectivity index (χ1) is 8.08. The topological polar surface area (TPSA) is 37.3 Å². The van der Waals surface area contributed by atoms with Crippen LogP contribution in [0.25, 0.3) is 0 Å². The van der Waals surface area contributed by atoms with Gasteiger partial charge < -0.3 is 5.11 Å². The number of carboxylic acid groups (broad SMARTS) is 1. The molecule has 17 heavy (non-hydrogen) atoms. The van der Waals surface area contributed by atoms with Crippen LogP contribution in [0.5, 0.6) is 0 Å². The van der Waals surface area contributed by atoms with Crippen molar-refractivity contribution in [2.24, 2.45) is 5.41 Å². The maximum absolute atomic E-state index is 11.3. The number of rotatable bonds is 7. The number of hydrogen-bond donors (Lipinski definition) is 1. The first kappa shape index (κ1) is 13.8. The molecule has 0 heterocycles. The number of carboxylic acids is 1. The van der Waals surface area contributed by atoms with Gasteiger partial charge in [0.15, 0.2) is 0 Å². The van der Waals surface area contributed by atoms with Crippen molar-refractivity contribution in [2.45, 2.75) is 46.0 Å². The normalized spacial score (nSPS) is 14.2. The molecule has 0 aliphatic carbocycles. The molecule has 0 spiro atoms. The zero-order chi connectivity index (χ0) is 12.7. The molecule has 94 valence electrons. The lowest BCUT2D eigenvalue weighted by molar-refractivity contribution is -0.148. The highest BCUT2D eigenvalue weighted by molar-refractivity contribution is 5.74. The van der Waals surface area contributed by atoms with Gasteiger partial charge in [0.1, 0.15) is 0 Å². The van der Waals surface area contributed by atoms with E-state index in [1.54, 1.807) is 0 Å². The Morgan fingerprint density at radius 3 is 2.41 bits per heavy atom. The zero-order valence-corrected chi connectivity index (χ0v) is 10.8. The Kier molecular flexibility index (Phi) is 5.20. The molecule has 1 aromatic carbocycles. The van der Waals surface area contributed by atoms with Crippen molar-refractivity contribution in [3.05, 3.63) is 35.9 Å². The summed E-state index contributed by atoms with van der Waals surface area (Å²) >= 11 is 0. The predicted octanol–water partition coefficient (Wildman–Crippen LogP) is 3.90. The Morgan fingerprint density at radius 1 is 1.24 bits per heavy atom. The van der Waals surface area contributed by atoms with Gasteiger partial charge in [0.25, 0.3) is 0 Å². The molecular formula is C15H22O2. The molecule has 1 N–H and O–H groups in total. The number of carbonyl (C=O) groups is 1. The number of hydrogen-bond acceptors (Lipinski definition) is 1. The summed E-state index contributed by atoms with van der Waals surface area (Å²) in [5.74, 6) is -0.665. The number of unbranched alkanes of at least 4 members (excludes halogenated alkanes) is 1. The Labute approximate surface area is 104 Å². The molecule has 2 nitrogen and oxygen atoms in total. The maximum Gasteiger partial charge on any atom is 0.309 e. The standard InChI is InChI=1S/C15H22O2/c1-3-4-11-15(2,14(16)17)12-10-13-8-6-5-7-9-13/h5-9H,3-4,10-12H2,1-2H3,(H,16,17). The molecule has 0 bridgehead atoms. The summed E-state index contributed by atoms with van der Waals surface area (Å²) in [6.45, 7) is 3.97. The van der Waals surface area contributed by atoms with Crippen molar-refractivity contribution in [3.63, 3.8) is 0 Å². The van der Waals surface area contributed by atoms with Crippen LogP contribution in [0.4, 0.5) is 0 Å². The largest absolute Gasteiger partial charge is 0.481 e. The van der Waals surface area contributed by atoms with Crippen molar-refractivity contribution < 1.29 is 9.90 Å². The summed E-state index contributed by atoms with van der Waals surface area (Å²) < 4.78 is 0. The molecule has 0 amide bonds. The van der Waals surface area contributed by atoms with Gasteiger partial charge >= 0.3 is 5.97 Å². The lowest BCUT2D eigenvalue weighted by atomic mass is 9.80. The SMILES string of the molecule is CCCCC(C)(CCc1ccccc1)C(=O)O. The molecule has 2 heteroatoms. The lowest BCUT2D eigenvalue weighted by Gasteiger charge is -2.24. The van der Waals surface area contributed by atoms with Crippen molar-refractivity contribution in [2.75, 3.05) is 0 Å². The summed E-state index contributed by atoms with van der Waals surface area (Å²) in [6.07, 6.45) is 4.36. The van der Waals surface area contributed by atoms with Crippen molar-refractivity contribution in [3.8, 4) is 0 Å². The van der Waals surface area contributed by atoms with Crippen LogP contribution in [-0.2, 0) is 11.2 Å². The van der Waals surface area contributed by atoms with Crippen LogP contribution in [0, 0.1) is 5.41 Å². The van der Waals surface area contributed by atoms with Crippen LogP contribution < -0.4 is 0 Å². The van der Waals surface area contributed by atoms with E-state index in [0.717, 1.165) is 25.7 Å². The first-order valence-corrected chi connectivity index (χ1v) is 6.36. The lowest BCUT2D eigenvalue weighted by Crippen LogP contribution is -2.28. The summed E-state index contributed by atoms with van der Waals surface area (Å²) in [4.78, 5) is 11.3. The zero-order valence-electron chi connectivity index (χ0n) is 10.8. The van der Waals surface area contributed by atoms with Crippen LogP contribution in [0.3, 0.4) is 0 Å². The summed E-state index contributed by atoms with van der Waals surface area (Å²) in [6, 6.07) is 10.1. The van der Waals surface area contributed by atoms with Crippen molar-refractivity contribution in [1.82, 2.24) is 0 Å². The van der Waals surface area contributed by atoms with E-state index in [0.29, 0.717) is 6.42 Å². The van der Waals surface area contributed by atoms with Crippen LogP contribution in [-0.4, -0.2) is 11.1 Å². The molecule has 0 aliphatic rings. The van der Waals surface area contributed by atoms with Gasteiger partial charge in [-0.25, -0.2) is 0 Å². The van der Waals surface area contributed by atoms with Gasteiger partial charge in [-0.1, -0.05) is 50.1 Å². The minimum Gasteiger partial charge on any atom is -0.481 e. The number of aliphatic carboxylic acids is 1. The van der Waals surface area contributed by atoms with E-state index in [1.165, 1.54) is 5.56 Å². The fraction of sp³-hybridized carbons (Fsp3) is 0.533. The van der Waals surface area contributed by atoms with Gasteiger partial charge in [0, 0.05) is 0 Å². The Hall–Kier alpha value is -1.31. The molecule has 0 aliphatic heterocycles. The van der Waals surface area contributed by atoms with Crippen LogP contribution in [0.1, 0.15) is 45.1 Å². The average Bonchev–Trinajstić information content (AvgIpc) is 2.35. The third-order valence-electron chi connectivity index (χ3n) is 3.41. The van der Waals surface area contributed by atoms with E-state index in [9.17, 15) is 9.90 Å². The van der Waals surface area contributed by atoms with Crippen molar-refractivity contribution >= 4 is 5.97 Å². The highest BCUT2D eigenvalue weighted by atomic mass is 16.4. The van der Waals surface area contributed by atoms with Gasteiger partial charge in [-0.3, -0.25) is 4.79 Å². The average molecular weight is 234 g/mol. The van der Waals surface area contributed by atoms with E-state index in [4.69, 9.17) is 0 Å². The third kappa shape index (κ3) is 4.22. The fourth-order valence-corrected chi connectivity index (χ4v) is 1.97. The second kappa shape index (κ2) is 6.43. The maximum atomic E-state index is 11.3. The molecule has 1 aromatic rings. The summed E-state index contributed by atoms with van der Waals surface area (Å²) in [7, 11) is 0. The van der Waals surface area contributed by atoms with Crippen LogP contribution in [0.2, 0.25) is 0 Å². The Bertz CT molecular complexity index is 345. The van der Waals surface area contributed by atoms with E-state index >= 15 is 0 Å². The molecule has 0 fully saturated rings. The summed E-state index contributed by atoms with van der Waals surface area (Å²) in [5, 5.41) is 9.34. The molecule has 1 unspecified atom stereocenters. The minimum absolute atomic E-state index is 0.578. The van der Waals surface area contributed by atoms with Gasteiger partial charge in [-0.15, -0.1) is 0 Å². The molecular weight excluding hydrogens is 212 g/mol. The molecule has 0 saturated heterocycles. The monoisotopic (exact) mass is 234 g/mol. The predicted molar refractivity (Wildman–Crippen MR) is 70.0 cm³/mol. The molecule has 0 saturated carbocycles. The Morgan fingerprint density at radius 2 is 1.88 bits per heavy atom. The highest BCUT2D eigenvalue weighted by Crippen LogP contribution is 2.30. The van der Waals surface area contributed by atoms with Gasteiger partial charge in [-0.05, 0) is 31.7 Å². The van der Waals surface area contributed by atoms with E-state index in [-0.39, 0.29) is 0 Å². The van der Waals surface area contributed by atoms with Crippen LogP contribution >= 0.6 is 0 Å². The smallest absolute Gasteiger partial charge is 0.309 e. The first-order valence-electron chi connectivity index (χ1n) is 6.36. The summed E-state index contributed by atoms with van der Waals surface area (Å²) in [5.41, 5.74) is 0.641. The fourth-order valence-electron chi connectivity index (χ4n) is 1.97. The van der Waals surface area contributed by atoms with E-state index in [2.05, 4.69) is 19.1 Å². The second-order valence-corrected chi connectivity index (χ2v) is 4.95. The quantitative estimate of drug-likeness (QED) is 0.777. The Balaban J connectivity index is 2.58. The molecule has 1 atom stereocenters. The highest BCUT2D eigenvalue weighted by Gasteiger charge is 2.31. The van der Waals surface area contributed by atoms with Gasteiger partial charge in [-0.2, -0.15) is 0 Å². The van der Waals surface area contributed by atoms with Crippen molar-refractivity contribution in [1.29, 1.82) is 0 Å². The molecule has 0 aromatic heterocycles. The number of benzene rings is 1. The third-order valence-corrected chi connectivity index (χ3v) is 3.41. The second-order valence-electron chi connectivity index (χ2n) is 4.95. The van der Waals surface area contributed by atoms with E-state index < -0.39 is 11.4 Å². The molecule has 0 radical (unpaired) electrons. The number of aryl methyl sites for hydroxylation is 1. The minimum atomic E-state index is -0.665. The van der Waals surface area contributed by atoms with E-state index in [1.807, 2.05) is 25.1 Å².